The van der Waals surface area contributed by atoms with Crippen LogP contribution in [0, 0.1) is 6.92 Å². The number of hydrogen-bond acceptors (Lipinski definition) is 4. The van der Waals surface area contributed by atoms with Crippen molar-refractivity contribution in [2.45, 2.75) is 33.2 Å². The molecule has 0 fully saturated rings. The average Bonchev–Trinajstić information content (AvgIpc) is 2.97. The van der Waals surface area contributed by atoms with Crippen molar-refractivity contribution in [3.63, 3.8) is 0 Å². The van der Waals surface area contributed by atoms with Crippen molar-refractivity contribution < 1.29 is 9.32 Å². The van der Waals surface area contributed by atoms with E-state index in [0.29, 0.717) is 23.4 Å². The first-order chi connectivity index (χ1) is 8.63. The average molecular weight is 264 g/mol. The van der Waals surface area contributed by atoms with Crippen LogP contribution in [0.25, 0.3) is 0 Å². The van der Waals surface area contributed by atoms with Gasteiger partial charge in [0.2, 0.25) is 0 Å². The minimum absolute atomic E-state index is 0.00324. The molecule has 4 nitrogen and oxygen atoms in total. The molecule has 0 aromatic carbocycles. The Bertz CT molecular complexity index is 531. The Labute approximate surface area is 110 Å². The van der Waals surface area contributed by atoms with Crippen LogP contribution in [0.5, 0.6) is 0 Å². The Kier molecular flexibility index (Phi) is 3.81. The minimum Gasteiger partial charge on any atom is -0.360 e. The monoisotopic (exact) mass is 264 g/mol. The fraction of sp³-hybridized carbons (Fsp3) is 0.385. The van der Waals surface area contributed by atoms with E-state index in [1.807, 2.05) is 31.4 Å². The molecule has 2 heterocycles. The summed E-state index contributed by atoms with van der Waals surface area (Å²) >= 11 is 1.63. The van der Waals surface area contributed by atoms with Crippen LogP contribution in [-0.2, 0) is 6.42 Å². The van der Waals surface area contributed by atoms with E-state index in [2.05, 4.69) is 10.5 Å². The molecular weight excluding hydrogens is 248 g/mol. The van der Waals surface area contributed by atoms with Crippen LogP contribution in [0.2, 0.25) is 0 Å². The highest BCUT2D eigenvalue weighted by molar-refractivity contribution is 7.10. The Morgan fingerprint density at radius 2 is 2.39 bits per heavy atom. The van der Waals surface area contributed by atoms with Crippen LogP contribution in [-0.4, -0.2) is 11.1 Å². The van der Waals surface area contributed by atoms with Gasteiger partial charge in [-0.2, -0.15) is 0 Å². The topological polar surface area (TPSA) is 55.1 Å². The normalized spacial score (nSPS) is 12.4. The lowest BCUT2D eigenvalue weighted by Gasteiger charge is -2.11. The number of aryl methyl sites for hydroxylation is 2. The van der Waals surface area contributed by atoms with E-state index in [4.69, 9.17) is 4.52 Å². The lowest BCUT2D eigenvalue weighted by Crippen LogP contribution is -2.27. The summed E-state index contributed by atoms with van der Waals surface area (Å²) in [5.41, 5.74) is 1.21. The predicted molar refractivity (Wildman–Crippen MR) is 70.8 cm³/mol. The van der Waals surface area contributed by atoms with E-state index < -0.39 is 0 Å². The lowest BCUT2D eigenvalue weighted by molar-refractivity contribution is 0.0938. The Hall–Kier alpha value is -1.62. The van der Waals surface area contributed by atoms with Crippen LogP contribution in [0.15, 0.2) is 22.0 Å². The van der Waals surface area contributed by atoms with E-state index >= 15 is 0 Å². The van der Waals surface area contributed by atoms with Crippen molar-refractivity contribution in [2.24, 2.45) is 0 Å². The summed E-state index contributed by atoms with van der Waals surface area (Å²) in [6.45, 7) is 5.70. The first kappa shape index (κ1) is 12.8. The van der Waals surface area contributed by atoms with E-state index in [9.17, 15) is 4.79 Å². The van der Waals surface area contributed by atoms with Crippen LogP contribution < -0.4 is 5.32 Å². The molecule has 96 valence electrons. The van der Waals surface area contributed by atoms with Gasteiger partial charge < -0.3 is 9.84 Å². The molecule has 2 aromatic rings. The third-order valence-electron chi connectivity index (χ3n) is 2.80. The van der Waals surface area contributed by atoms with Crippen molar-refractivity contribution in [2.75, 3.05) is 0 Å². The van der Waals surface area contributed by atoms with Gasteiger partial charge in [-0.25, -0.2) is 0 Å². The minimum atomic E-state index is -0.119. The van der Waals surface area contributed by atoms with Crippen LogP contribution in [0.3, 0.4) is 0 Å². The van der Waals surface area contributed by atoms with Gasteiger partial charge in [0.1, 0.15) is 11.3 Å². The highest BCUT2D eigenvalue weighted by atomic mass is 32.1. The number of nitrogens with zero attached hydrogens (tertiary/aromatic N) is 1. The number of carbonyl (C=O) groups is 1. The van der Waals surface area contributed by atoms with Crippen molar-refractivity contribution in [1.29, 1.82) is 0 Å². The molecular formula is C13H16N2O2S. The van der Waals surface area contributed by atoms with Crippen molar-refractivity contribution in [3.05, 3.63) is 39.4 Å². The molecule has 1 atom stereocenters. The van der Waals surface area contributed by atoms with E-state index in [1.165, 1.54) is 0 Å². The zero-order valence-corrected chi connectivity index (χ0v) is 11.5. The Balaban J connectivity index is 2.15. The van der Waals surface area contributed by atoms with Gasteiger partial charge in [-0.15, -0.1) is 11.3 Å². The first-order valence-electron chi connectivity index (χ1n) is 5.92. The molecule has 0 spiro atoms. The third-order valence-corrected chi connectivity index (χ3v) is 3.85. The van der Waals surface area contributed by atoms with E-state index in [1.54, 1.807) is 18.3 Å². The van der Waals surface area contributed by atoms with Gasteiger partial charge >= 0.3 is 0 Å². The predicted octanol–water partition coefficient (Wildman–Crippen LogP) is 3.10. The molecule has 0 saturated carbocycles. The van der Waals surface area contributed by atoms with Gasteiger partial charge in [-0.1, -0.05) is 18.1 Å². The maximum Gasteiger partial charge on any atom is 0.257 e. The second-order valence-electron chi connectivity index (χ2n) is 4.13. The summed E-state index contributed by atoms with van der Waals surface area (Å²) in [4.78, 5) is 13.3. The quantitative estimate of drug-likeness (QED) is 0.923. The van der Waals surface area contributed by atoms with Crippen LogP contribution in [0.1, 0.15) is 46.6 Å². The fourth-order valence-electron chi connectivity index (χ4n) is 1.83. The summed E-state index contributed by atoms with van der Waals surface area (Å²) in [6.07, 6.45) is 0.664. The van der Waals surface area contributed by atoms with Gasteiger partial charge in [-0.3, -0.25) is 4.79 Å². The standard InChI is InChI=1S/C13H16N2O2S/c1-4-10-12(9(3)15-17-10)13(16)14-8(2)11-6-5-7-18-11/h5-8H,4H2,1-3H3,(H,14,16). The van der Waals surface area contributed by atoms with Gasteiger partial charge in [0.25, 0.3) is 5.91 Å². The first-order valence-corrected chi connectivity index (χ1v) is 6.80. The number of hydrogen-bond donors (Lipinski definition) is 1. The molecule has 2 rings (SSSR count). The molecule has 5 heteroatoms. The highest BCUT2D eigenvalue weighted by Gasteiger charge is 2.21. The van der Waals surface area contributed by atoms with Gasteiger partial charge in [0.05, 0.1) is 11.7 Å². The molecule has 0 aliphatic rings. The van der Waals surface area contributed by atoms with Gasteiger partial charge in [-0.05, 0) is 25.3 Å². The molecule has 0 aliphatic carbocycles. The van der Waals surface area contributed by atoms with Crippen molar-refractivity contribution in [1.82, 2.24) is 10.5 Å². The number of carbonyl (C=O) groups excluding carboxylic acids is 1. The van der Waals surface area contributed by atoms with Crippen molar-refractivity contribution >= 4 is 17.2 Å². The maximum atomic E-state index is 12.2. The largest absolute Gasteiger partial charge is 0.360 e. The molecule has 18 heavy (non-hydrogen) atoms. The second kappa shape index (κ2) is 5.35. The number of nitrogens with one attached hydrogen (secondary N) is 1. The summed E-state index contributed by atoms with van der Waals surface area (Å²) in [7, 11) is 0. The van der Waals surface area contributed by atoms with Crippen molar-refractivity contribution in [3.8, 4) is 0 Å². The Morgan fingerprint density at radius 3 is 3.00 bits per heavy atom. The zero-order chi connectivity index (χ0) is 13.1. The lowest BCUT2D eigenvalue weighted by atomic mass is 10.1. The molecule has 0 saturated heterocycles. The third kappa shape index (κ3) is 2.46. The molecule has 0 bridgehead atoms. The Morgan fingerprint density at radius 1 is 1.61 bits per heavy atom. The summed E-state index contributed by atoms with van der Waals surface area (Å²) in [6, 6.07) is 3.98. The van der Waals surface area contributed by atoms with Crippen LogP contribution in [0.4, 0.5) is 0 Å². The smallest absolute Gasteiger partial charge is 0.257 e. The summed E-state index contributed by atoms with van der Waals surface area (Å²) < 4.78 is 5.13. The molecule has 1 unspecified atom stereocenters. The number of rotatable bonds is 4. The number of thiophene rings is 1. The van der Waals surface area contributed by atoms with Gasteiger partial charge in [0, 0.05) is 11.3 Å². The maximum absolute atomic E-state index is 12.2. The van der Waals surface area contributed by atoms with Crippen LogP contribution >= 0.6 is 11.3 Å². The summed E-state index contributed by atoms with van der Waals surface area (Å²) in [5, 5.41) is 8.82. The zero-order valence-electron chi connectivity index (χ0n) is 10.7. The molecule has 2 aromatic heterocycles. The SMILES string of the molecule is CCc1onc(C)c1C(=O)NC(C)c1cccs1. The highest BCUT2D eigenvalue weighted by Crippen LogP contribution is 2.20. The molecule has 0 radical (unpaired) electrons. The molecule has 0 aliphatic heterocycles. The molecule has 1 amide bonds. The second-order valence-corrected chi connectivity index (χ2v) is 5.11. The molecule has 1 N–H and O–H groups in total. The number of amides is 1. The fourth-order valence-corrected chi connectivity index (χ4v) is 2.56. The number of aromatic nitrogens is 1. The van der Waals surface area contributed by atoms with E-state index in [-0.39, 0.29) is 11.9 Å². The van der Waals surface area contributed by atoms with E-state index in [0.717, 1.165) is 4.88 Å². The summed E-state index contributed by atoms with van der Waals surface area (Å²) in [5.74, 6) is 0.523. The van der Waals surface area contributed by atoms with Gasteiger partial charge in [0.15, 0.2) is 0 Å².